The zero-order valence-corrected chi connectivity index (χ0v) is 14.9. The normalized spacial score (nSPS) is 23.2. The van der Waals surface area contributed by atoms with Crippen LogP contribution in [0.2, 0.25) is 0 Å². The average Bonchev–Trinajstić information content (AvgIpc) is 2.55. The van der Waals surface area contributed by atoms with E-state index in [4.69, 9.17) is 4.74 Å². The maximum Gasteiger partial charge on any atom is 0.214 e. The molecule has 2 saturated heterocycles. The van der Waals surface area contributed by atoms with Crippen molar-refractivity contribution in [3.05, 3.63) is 0 Å². The highest BCUT2D eigenvalue weighted by molar-refractivity contribution is 7.89. The average molecular weight is 333 g/mol. The number of sulfonamides is 1. The van der Waals surface area contributed by atoms with Crippen LogP contribution in [0.5, 0.6) is 0 Å². The van der Waals surface area contributed by atoms with E-state index >= 15 is 0 Å². The molecule has 0 aromatic heterocycles. The minimum Gasteiger partial charge on any atom is -0.379 e. The van der Waals surface area contributed by atoms with Gasteiger partial charge in [-0.2, -0.15) is 0 Å². The number of rotatable bonds is 7. The number of hydrogen-bond donors (Lipinski definition) is 0. The molecule has 0 aromatic rings. The SMILES string of the molecule is CCN1CCC(N(C)S(=O)(=O)CCCN2CCOCC2)CC1. The van der Waals surface area contributed by atoms with Crippen LogP contribution < -0.4 is 0 Å². The van der Waals surface area contributed by atoms with Gasteiger partial charge in [0, 0.05) is 26.2 Å². The number of morpholine rings is 1. The summed E-state index contributed by atoms with van der Waals surface area (Å²) in [4.78, 5) is 4.67. The Morgan fingerprint density at radius 1 is 1.09 bits per heavy atom. The molecular weight excluding hydrogens is 302 g/mol. The zero-order valence-electron chi connectivity index (χ0n) is 14.0. The van der Waals surface area contributed by atoms with Gasteiger partial charge in [0.25, 0.3) is 0 Å². The van der Waals surface area contributed by atoms with E-state index in [1.165, 1.54) is 0 Å². The summed E-state index contributed by atoms with van der Waals surface area (Å²) in [6, 6.07) is 0.177. The highest BCUT2D eigenvalue weighted by Crippen LogP contribution is 2.18. The van der Waals surface area contributed by atoms with Crippen LogP contribution in [-0.4, -0.2) is 93.8 Å². The van der Waals surface area contributed by atoms with E-state index in [-0.39, 0.29) is 11.8 Å². The summed E-state index contributed by atoms with van der Waals surface area (Å²) in [5, 5.41) is 0. The number of nitrogens with zero attached hydrogens (tertiary/aromatic N) is 3. The van der Waals surface area contributed by atoms with Crippen LogP contribution in [0.15, 0.2) is 0 Å². The van der Waals surface area contributed by atoms with Gasteiger partial charge in [0.15, 0.2) is 0 Å². The van der Waals surface area contributed by atoms with Crippen LogP contribution in [0.25, 0.3) is 0 Å². The molecule has 2 aliphatic heterocycles. The molecule has 7 heteroatoms. The second kappa shape index (κ2) is 8.59. The molecule has 0 saturated carbocycles. The summed E-state index contributed by atoms with van der Waals surface area (Å²) in [6.45, 7) is 9.46. The van der Waals surface area contributed by atoms with Crippen LogP contribution in [0.1, 0.15) is 26.2 Å². The van der Waals surface area contributed by atoms with E-state index in [1.807, 2.05) is 0 Å². The van der Waals surface area contributed by atoms with Crippen molar-refractivity contribution in [2.45, 2.75) is 32.2 Å². The molecule has 0 spiro atoms. The molecule has 2 fully saturated rings. The molecule has 0 radical (unpaired) electrons. The summed E-state index contributed by atoms with van der Waals surface area (Å²) in [5.74, 6) is 0.259. The number of piperidine rings is 1. The highest BCUT2D eigenvalue weighted by atomic mass is 32.2. The maximum absolute atomic E-state index is 12.5. The molecule has 0 bridgehead atoms. The number of likely N-dealkylation sites (tertiary alicyclic amines) is 1. The molecule has 0 amide bonds. The predicted molar refractivity (Wildman–Crippen MR) is 88.6 cm³/mol. The Balaban J connectivity index is 1.74. The van der Waals surface area contributed by atoms with Crippen molar-refractivity contribution in [1.29, 1.82) is 0 Å². The summed E-state index contributed by atoms with van der Waals surface area (Å²) < 4.78 is 31.9. The lowest BCUT2D eigenvalue weighted by Crippen LogP contribution is -2.46. The molecule has 0 aromatic carbocycles. The van der Waals surface area contributed by atoms with Gasteiger partial charge in [-0.15, -0.1) is 0 Å². The highest BCUT2D eigenvalue weighted by Gasteiger charge is 2.29. The molecule has 0 unspecified atom stereocenters. The zero-order chi connectivity index (χ0) is 16.0. The first-order valence-electron chi connectivity index (χ1n) is 8.51. The molecule has 0 aliphatic carbocycles. The molecule has 0 N–H and O–H groups in total. The van der Waals surface area contributed by atoms with E-state index in [9.17, 15) is 8.42 Å². The Hall–Kier alpha value is -0.210. The molecule has 0 atom stereocenters. The fraction of sp³-hybridized carbons (Fsp3) is 1.00. The summed E-state index contributed by atoms with van der Waals surface area (Å²) in [7, 11) is -1.37. The summed E-state index contributed by atoms with van der Waals surface area (Å²) >= 11 is 0. The van der Waals surface area contributed by atoms with Gasteiger partial charge in [-0.25, -0.2) is 12.7 Å². The van der Waals surface area contributed by atoms with Crippen LogP contribution in [0.3, 0.4) is 0 Å². The van der Waals surface area contributed by atoms with Gasteiger partial charge in [-0.3, -0.25) is 4.90 Å². The Labute approximate surface area is 135 Å². The first-order chi connectivity index (χ1) is 10.5. The van der Waals surface area contributed by atoms with Crippen molar-refractivity contribution in [2.24, 2.45) is 0 Å². The fourth-order valence-electron chi connectivity index (χ4n) is 3.27. The first-order valence-corrected chi connectivity index (χ1v) is 10.1. The van der Waals surface area contributed by atoms with Crippen molar-refractivity contribution < 1.29 is 13.2 Å². The Morgan fingerprint density at radius 3 is 2.32 bits per heavy atom. The van der Waals surface area contributed by atoms with E-state index in [2.05, 4.69) is 16.7 Å². The van der Waals surface area contributed by atoms with Gasteiger partial charge in [0.2, 0.25) is 10.0 Å². The quantitative estimate of drug-likeness (QED) is 0.677. The molecule has 6 nitrogen and oxygen atoms in total. The molecule has 130 valence electrons. The first kappa shape index (κ1) is 18.1. The lowest BCUT2D eigenvalue weighted by Gasteiger charge is -2.35. The third-order valence-electron chi connectivity index (χ3n) is 4.94. The monoisotopic (exact) mass is 333 g/mol. The minimum atomic E-state index is -3.13. The van der Waals surface area contributed by atoms with Crippen molar-refractivity contribution in [3.8, 4) is 0 Å². The smallest absolute Gasteiger partial charge is 0.214 e. The third kappa shape index (κ3) is 5.16. The van der Waals surface area contributed by atoms with Crippen molar-refractivity contribution in [1.82, 2.24) is 14.1 Å². The van der Waals surface area contributed by atoms with E-state index in [0.717, 1.165) is 65.3 Å². The second-order valence-electron chi connectivity index (χ2n) is 6.31. The van der Waals surface area contributed by atoms with Crippen molar-refractivity contribution in [3.63, 3.8) is 0 Å². The van der Waals surface area contributed by atoms with Crippen LogP contribution in [0.4, 0.5) is 0 Å². The standard InChI is InChI=1S/C15H31N3O3S/c1-3-17-8-5-15(6-9-17)16(2)22(19,20)14-4-7-18-10-12-21-13-11-18/h15H,3-14H2,1-2H3. The molecule has 2 heterocycles. The van der Waals surface area contributed by atoms with Gasteiger partial charge in [-0.1, -0.05) is 6.92 Å². The van der Waals surface area contributed by atoms with Crippen LogP contribution in [-0.2, 0) is 14.8 Å². The van der Waals surface area contributed by atoms with Gasteiger partial charge >= 0.3 is 0 Å². The van der Waals surface area contributed by atoms with Crippen LogP contribution in [0, 0.1) is 0 Å². The molecule has 2 aliphatic rings. The molecule has 2 rings (SSSR count). The lowest BCUT2D eigenvalue weighted by atomic mass is 10.1. The fourth-order valence-corrected chi connectivity index (χ4v) is 4.71. The minimum absolute atomic E-state index is 0.177. The predicted octanol–water partition coefficient (Wildman–Crippen LogP) is 0.455. The van der Waals surface area contributed by atoms with Crippen LogP contribution >= 0.6 is 0 Å². The second-order valence-corrected chi connectivity index (χ2v) is 8.45. The summed E-state index contributed by atoms with van der Waals surface area (Å²) in [5.41, 5.74) is 0. The summed E-state index contributed by atoms with van der Waals surface area (Å²) in [6.07, 6.45) is 2.61. The molecular formula is C15H31N3O3S. The third-order valence-corrected chi connectivity index (χ3v) is 6.92. The topological polar surface area (TPSA) is 53.1 Å². The van der Waals surface area contributed by atoms with Gasteiger partial charge in [-0.05, 0) is 45.4 Å². The lowest BCUT2D eigenvalue weighted by molar-refractivity contribution is 0.0380. The Kier molecular flexibility index (Phi) is 7.08. The van der Waals surface area contributed by atoms with Crippen molar-refractivity contribution >= 4 is 10.0 Å². The van der Waals surface area contributed by atoms with E-state index in [1.54, 1.807) is 11.4 Å². The maximum atomic E-state index is 12.5. The molecule has 22 heavy (non-hydrogen) atoms. The van der Waals surface area contributed by atoms with Crippen molar-refractivity contribution in [2.75, 3.05) is 65.3 Å². The Morgan fingerprint density at radius 2 is 1.73 bits per heavy atom. The van der Waals surface area contributed by atoms with Gasteiger partial charge < -0.3 is 9.64 Å². The number of hydrogen-bond acceptors (Lipinski definition) is 5. The van der Waals surface area contributed by atoms with E-state index < -0.39 is 10.0 Å². The largest absolute Gasteiger partial charge is 0.379 e. The number of ether oxygens (including phenoxy) is 1. The van der Waals surface area contributed by atoms with E-state index in [0.29, 0.717) is 6.42 Å². The van der Waals surface area contributed by atoms with Gasteiger partial charge in [0.1, 0.15) is 0 Å². The van der Waals surface area contributed by atoms with Gasteiger partial charge in [0.05, 0.1) is 19.0 Å². The Bertz CT molecular complexity index is 416.